The minimum Gasteiger partial charge on any atom is -0.494 e. The second-order valence-corrected chi connectivity index (χ2v) is 7.87. The van der Waals surface area contributed by atoms with E-state index in [1.165, 1.54) is 0 Å². The molecule has 5 heteroatoms. The number of hydrogen-bond donors (Lipinski definition) is 0. The molecule has 0 aliphatic rings. The lowest BCUT2D eigenvalue weighted by atomic mass is 9.91. The van der Waals surface area contributed by atoms with E-state index in [2.05, 4.69) is 19.9 Å². The van der Waals surface area contributed by atoms with Crippen LogP contribution in [-0.2, 0) is 7.05 Å². The van der Waals surface area contributed by atoms with Gasteiger partial charge in [0, 0.05) is 18.3 Å². The molecule has 0 N–H and O–H groups in total. The first-order chi connectivity index (χ1) is 13.9. The van der Waals surface area contributed by atoms with Gasteiger partial charge in [0.1, 0.15) is 11.3 Å². The molecule has 156 valence electrons. The number of ether oxygens (including phenoxy) is 1. The molecule has 1 aromatic carbocycles. The number of fused-ring (bicyclic) bond motifs is 1. The van der Waals surface area contributed by atoms with Crippen LogP contribution in [0, 0.1) is 13.8 Å². The molecule has 0 saturated carbocycles. The van der Waals surface area contributed by atoms with Crippen LogP contribution in [0.15, 0.2) is 29.1 Å². The van der Waals surface area contributed by atoms with Crippen molar-refractivity contribution in [2.75, 3.05) is 6.61 Å². The summed E-state index contributed by atoms with van der Waals surface area (Å²) >= 11 is 0. The highest BCUT2D eigenvalue weighted by atomic mass is 16.5. The van der Waals surface area contributed by atoms with E-state index >= 15 is 0 Å². The number of aryl methyl sites for hydroxylation is 2. The molecule has 0 saturated heterocycles. The lowest BCUT2D eigenvalue weighted by Crippen LogP contribution is -2.24. The highest BCUT2D eigenvalue weighted by Gasteiger charge is 2.22. The molecule has 0 spiro atoms. The SMILES string of the molecule is CCCC(CCC)c1cc(C)n2nc(-c3ccc(OCC)cc3C)n(C)c(=O)c12. The van der Waals surface area contributed by atoms with Crippen LogP contribution in [0.1, 0.15) is 69.2 Å². The molecule has 2 heterocycles. The molecule has 3 rings (SSSR count). The van der Waals surface area contributed by atoms with Gasteiger partial charge in [-0.15, -0.1) is 5.10 Å². The summed E-state index contributed by atoms with van der Waals surface area (Å²) in [5.74, 6) is 1.92. The van der Waals surface area contributed by atoms with Crippen molar-refractivity contribution in [3.8, 4) is 17.1 Å². The van der Waals surface area contributed by atoms with E-state index in [0.717, 1.165) is 59.3 Å². The number of aromatic nitrogens is 3. The van der Waals surface area contributed by atoms with E-state index < -0.39 is 0 Å². The van der Waals surface area contributed by atoms with Crippen molar-refractivity contribution >= 4 is 5.52 Å². The predicted molar refractivity (Wildman–Crippen MR) is 119 cm³/mol. The number of rotatable bonds is 8. The van der Waals surface area contributed by atoms with Crippen molar-refractivity contribution < 1.29 is 4.74 Å². The fourth-order valence-corrected chi connectivity index (χ4v) is 4.25. The zero-order valence-corrected chi connectivity index (χ0v) is 18.6. The average molecular weight is 396 g/mol. The summed E-state index contributed by atoms with van der Waals surface area (Å²) in [5, 5.41) is 4.90. The van der Waals surface area contributed by atoms with Crippen LogP contribution in [0.2, 0.25) is 0 Å². The van der Waals surface area contributed by atoms with Gasteiger partial charge in [-0.1, -0.05) is 26.7 Å². The van der Waals surface area contributed by atoms with Crippen molar-refractivity contribution in [2.24, 2.45) is 7.05 Å². The summed E-state index contributed by atoms with van der Waals surface area (Å²) in [6.45, 7) is 11.1. The first kappa shape index (κ1) is 21.2. The molecule has 0 aliphatic heterocycles. The molecular weight excluding hydrogens is 362 g/mol. The number of hydrogen-bond acceptors (Lipinski definition) is 3. The van der Waals surface area contributed by atoms with Gasteiger partial charge >= 0.3 is 0 Å². The van der Waals surface area contributed by atoms with Gasteiger partial charge in [-0.05, 0) is 74.9 Å². The van der Waals surface area contributed by atoms with Crippen LogP contribution >= 0.6 is 0 Å². The van der Waals surface area contributed by atoms with Crippen LogP contribution in [0.5, 0.6) is 5.75 Å². The van der Waals surface area contributed by atoms with Gasteiger partial charge < -0.3 is 4.74 Å². The molecule has 0 atom stereocenters. The van der Waals surface area contributed by atoms with Crippen molar-refractivity contribution in [1.29, 1.82) is 0 Å². The first-order valence-corrected chi connectivity index (χ1v) is 10.8. The Morgan fingerprint density at radius 1 is 1.07 bits per heavy atom. The summed E-state index contributed by atoms with van der Waals surface area (Å²) < 4.78 is 9.14. The van der Waals surface area contributed by atoms with Crippen molar-refractivity contribution in [3.63, 3.8) is 0 Å². The lowest BCUT2D eigenvalue weighted by molar-refractivity contribution is 0.340. The highest BCUT2D eigenvalue weighted by Crippen LogP contribution is 2.31. The monoisotopic (exact) mass is 395 g/mol. The van der Waals surface area contributed by atoms with Crippen molar-refractivity contribution in [1.82, 2.24) is 14.2 Å². The second kappa shape index (κ2) is 8.85. The summed E-state index contributed by atoms with van der Waals surface area (Å²) in [4.78, 5) is 13.4. The summed E-state index contributed by atoms with van der Waals surface area (Å²) in [6, 6.07) is 8.09. The van der Waals surface area contributed by atoms with Gasteiger partial charge in [-0.25, -0.2) is 4.52 Å². The molecule has 2 aromatic heterocycles. The molecule has 0 amide bonds. The van der Waals surface area contributed by atoms with E-state index in [0.29, 0.717) is 18.3 Å². The van der Waals surface area contributed by atoms with Crippen LogP contribution < -0.4 is 10.3 Å². The minimum atomic E-state index is 0.0172. The molecule has 0 bridgehead atoms. The molecule has 5 nitrogen and oxygen atoms in total. The molecule has 0 fully saturated rings. The van der Waals surface area contributed by atoms with Crippen LogP contribution in [-0.4, -0.2) is 20.8 Å². The van der Waals surface area contributed by atoms with Gasteiger partial charge in [0.2, 0.25) is 0 Å². The van der Waals surface area contributed by atoms with Gasteiger partial charge in [-0.3, -0.25) is 9.36 Å². The van der Waals surface area contributed by atoms with Crippen molar-refractivity contribution in [2.45, 2.75) is 66.2 Å². The molecule has 0 aliphatic carbocycles. The van der Waals surface area contributed by atoms with Crippen LogP contribution in [0.4, 0.5) is 0 Å². The van der Waals surface area contributed by atoms with E-state index in [-0.39, 0.29) is 5.56 Å². The Morgan fingerprint density at radius 3 is 2.34 bits per heavy atom. The van der Waals surface area contributed by atoms with Crippen LogP contribution in [0.25, 0.3) is 16.9 Å². The Labute approximate surface area is 173 Å². The summed E-state index contributed by atoms with van der Waals surface area (Å²) in [7, 11) is 1.82. The second-order valence-electron chi connectivity index (χ2n) is 7.87. The molecule has 3 aromatic rings. The Balaban J connectivity index is 2.20. The third-order valence-electron chi connectivity index (χ3n) is 5.67. The average Bonchev–Trinajstić information content (AvgIpc) is 3.02. The molecule has 29 heavy (non-hydrogen) atoms. The van der Waals surface area contributed by atoms with Crippen LogP contribution in [0.3, 0.4) is 0 Å². The Morgan fingerprint density at radius 2 is 1.76 bits per heavy atom. The van der Waals surface area contributed by atoms with E-state index in [1.54, 1.807) is 4.57 Å². The zero-order chi connectivity index (χ0) is 21.1. The first-order valence-electron chi connectivity index (χ1n) is 10.8. The number of benzene rings is 1. The maximum atomic E-state index is 13.4. The smallest absolute Gasteiger partial charge is 0.278 e. The molecular formula is C24H33N3O2. The Bertz CT molecular complexity index is 1060. The highest BCUT2D eigenvalue weighted by molar-refractivity contribution is 5.64. The molecule has 0 radical (unpaired) electrons. The van der Waals surface area contributed by atoms with Gasteiger partial charge in [0.15, 0.2) is 5.82 Å². The Hall–Kier alpha value is -2.56. The fourth-order valence-electron chi connectivity index (χ4n) is 4.25. The quantitative estimate of drug-likeness (QED) is 0.513. The number of nitrogens with zero attached hydrogens (tertiary/aromatic N) is 3. The van der Waals surface area contributed by atoms with Gasteiger partial charge in [0.05, 0.1) is 6.61 Å². The van der Waals surface area contributed by atoms with E-state index in [1.807, 2.05) is 50.5 Å². The van der Waals surface area contributed by atoms with Crippen molar-refractivity contribution in [3.05, 3.63) is 51.4 Å². The Kier molecular flexibility index (Phi) is 6.46. The normalized spacial score (nSPS) is 11.6. The third-order valence-corrected chi connectivity index (χ3v) is 5.67. The maximum absolute atomic E-state index is 13.4. The van der Waals surface area contributed by atoms with E-state index in [9.17, 15) is 4.79 Å². The van der Waals surface area contributed by atoms with Gasteiger partial charge in [0.25, 0.3) is 5.56 Å². The fraction of sp³-hybridized carbons (Fsp3) is 0.500. The predicted octanol–water partition coefficient (Wildman–Crippen LogP) is 5.40. The molecule has 0 unspecified atom stereocenters. The summed E-state index contributed by atoms with van der Waals surface area (Å²) in [6.07, 6.45) is 4.40. The lowest BCUT2D eigenvalue weighted by Gasteiger charge is -2.16. The standard InChI is InChI=1S/C24H33N3O2/c1-7-10-18(11-8-2)21-15-17(5)27-22(21)24(28)26(6)23(25-27)20-13-12-19(29-9-3)14-16(20)4/h12-15,18H,7-11H2,1-6H3. The largest absolute Gasteiger partial charge is 0.494 e. The minimum absolute atomic E-state index is 0.0172. The zero-order valence-electron chi connectivity index (χ0n) is 18.6. The van der Waals surface area contributed by atoms with E-state index in [4.69, 9.17) is 9.84 Å². The third kappa shape index (κ3) is 3.96. The topological polar surface area (TPSA) is 48.5 Å². The van der Waals surface area contributed by atoms with Gasteiger partial charge in [-0.2, -0.15) is 0 Å². The summed E-state index contributed by atoms with van der Waals surface area (Å²) in [5.41, 5.74) is 4.89. The maximum Gasteiger partial charge on any atom is 0.278 e.